The number of carbonyl (C=O) groups is 2. The minimum Gasteiger partial charge on any atom is -0.344 e. The zero-order valence-corrected chi connectivity index (χ0v) is 15.4. The van der Waals surface area contributed by atoms with Crippen molar-refractivity contribution >= 4 is 11.8 Å². The van der Waals surface area contributed by atoms with Gasteiger partial charge in [0.2, 0.25) is 11.8 Å². The number of hydrogen-bond donors (Lipinski definition) is 1. The third-order valence-electron chi connectivity index (χ3n) is 4.82. The van der Waals surface area contributed by atoms with Gasteiger partial charge in [0.1, 0.15) is 0 Å². The molecule has 2 heterocycles. The molecule has 26 heavy (non-hydrogen) atoms. The van der Waals surface area contributed by atoms with Gasteiger partial charge in [-0.2, -0.15) is 0 Å². The second kappa shape index (κ2) is 8.13. The van der Waals surface area contributed by atoms with Crippen LogP contribution in [0.1, 0.15) is 47.6 Å². The van der Waals surface area contributed by atoms with E-state index in [1.165, 1.54) is 5.56 Å². The van der Waals surface area contributed by atoms with Crippen LogP contribution in [0.3, 0.4) is 0 Å². The number of carbonyl (C=O) groups excluding carboxylic acids is 2. The molecule has 0 spiro atoms. The Balaban J connectivity index is 1.82. The van der Waals surface area contributed by atoms with E-state index in [9.17, 15) is 9.59 Å². The van der Waals surface area contributed by atoms with Crippen molar-refractivity contribution in [2.75, 3.05) is 13.1 Å². The standard InChI is InChI=1S/C21H25N3O2/c1-15-8-9-18(16(2)12-15)21(17-6-5-10-22-13-17)23-19(25)14-24-11-4-3-7-20(24)26/h5-6,8-10,12-13,21H,3-4,7,11,14H2,1-2H3,(H,23,25). The molecule has 2 aromatic rings. The molecule has 2 amide bonds. The second-order valence-corrected chi connectivity index (χ2v) is 6.92. The van der Waals surface area contributed by atoms with Gasteiger partial charge in [-0.05, 0) is 49.4 Å². The fourth-order valence-electron chi connectivity index (χ4n) is 3.45. The highest BCUT2D eigenvalue weighted by atomic mass is 16.2. The van der Waals surface area contributed by atoms with Crippen LogP contribution < -0.4 is 5.32 Å². The number of nitrogens with zero attached hydrogens (tertiary/aromatic N) is 2. The highest BCUT2D eigenvalue weighted by molar-refractivity contribution is 5.85. The van der Waals surface area contributed by atoms with Gasteiger partial charge in [-0.1, -0.05) is 29.8 Å². The third-order valence-corrected chi connectivity index (χ3v) is 4.82. The molecule has 0 aliphatic carbocycles. The predicted octanol–water partition coefficient (Wildman–Crippen LogP) is 2.92. The van der Waals surface area contributed by atoms with Gasteiger partial charge in [0.15, 0.2) is 0 Å². The fraction of sp³-hybridized carbons (Fsp3) is 0.381. The summed E-state index contributed by atoms with van der Waals surface area (Å²) in [5, 5.41) is 3.10. The molecule has 136 valence electrons. The van der Waals surface area contributed by atoms with Gasteiger partial charge in [-0.15, -0.1) is 0 Å². The minimum atomic E-state index is -0.281. The molecule has 1 saturated heterocycles. The monoisotopic (exact) mass is 351 g/mol. The molecular weight excluding hydrogens is 326 g/mol. The van der Waals surface area contributed by atoms with Crippen LogP contribution in [-0.2, 0) is 9.59 Å². The Bertz CT molecular complexity index is 789. The third kappa shape index (κ3) is 4.28. The Morgan fingerprint density at radius 3 is 2.81 bits per heavy atom. The van der Waals surface area contributed by atoms with Gasteiger partial charge in [0.25, 0.3) is 0 Å². The number of likely N-dealkylation sites (tertiary alicyclic amines) is 1. The van der Waals surface area contributed by atoms with Crippen molar-refractivity contribution < 1.29 is 9.59 Å². The second-order valence-electron chi connectivity index (χ2n) is 6.92. The molecule has 0 saturated carbocycles. The topological polar surface area (TPSA) is 62.3 Å². The summed E-state index contributed by atoms with van der Waals surface area (Å²) in [5.74, 6) is -0.0788. The zero-order chi connectivity index (χ0) is 18.5. The Hall–Kier alpha value is -2.69. The maximum absolute atomic E-state index is 12.7. The van der Waals surface area contributed by atoms with Crippen molar-refractivity contribution in [1.82, 2.24) is 15.2 Å². The highest BCUT2D eigenvalue weighted by Gasteiger charge is 2.23. The van der Waals surface area contributed by atoms with Crippen LogP contribution >= 0.6 is 0 Å². The number of hydrogen-bond acceptors (Lipinski definition) is 3. The van der Waals surface area contributed by atoms with Crippen molar-refractivity contribution in [3.05, 3.63) is 65.0 Å². The van der Waals surface area contributed by atoms with E-state index in [0.717, 1.165) is 29.5 Å². The van der Waals surface area contributed by atoms with E-state index in [1.54, 1.807) is 17.3 Å². The normalized spacial score (nSPS) is 15.6. The Kier molecular flexibility index (Phi) is 5.66. The number of benzene rings is 1. The van der Waals surface area contributed by atoms with Crippen molar-refractivity contribution in [3.63, 3.8) is 0 Å². The summed E-state index contributed by atoms with van der Waals surface area (Å²) in [5.41, 5.74) is 4.27. The number of nitrogens with one attached hydrogen (secondary N) is 1. The highest BCUT2D eigenvalue weighted by Crippen LogP contribution is 2.25. The zero-order valence-electron chi connectivity index (χ0n) is 15.4. The molecule has 5 nitrogen and oxygen atoms in total. The lowest BCUT2D eigenvalue weighted by molar-refractivity contribution is -0.138. The van der Waals surface area contributed by atoms with Crippen molar-refractivity contribution in [1.29, 1.82) is 0 Å². The molecule has 1 unspecified atom stereocenters. The van der Waals surface area contributed by atoms with Crippen LogP contribution in [0.15, 0.2) is 42.7 Å². The average Bonchev–Trinajstić information content (AvgIpc) is 2.63. The van der Waals surface area contributed by atoms with Crippen LogP contribution in [0.25, 0.3) is 0 Å². The van der Waals surface area contributed by atoms with Crippen molar-refractivity contribution in [2.24, 2.45) is 0 Å². The smallest absolute Gasteiger partial charge is 0.240 e. The maximum Gasteiger partial charge on any atom is 0.240 e. The van der Waals surface area contributed by atoms with Crippen molar-refractivity contribution in [2.45, 2.75) is 39.2 Å². The summed E-state index contributed by atoms with van der Waals surface area (Å²) >= 11 is 0. The molecular formula is C21H25N3O2. The van der Waals surface area contributed by atoms with Crippen LogP contribution in [0.5, 0.6) is 0 Å². The number of aromatic nitrogens is 1. The van der Waals surface area contributed by atoms with Gasteiger partial charge < -0.3 is 10.2 Å². The number of piperidine rings is 1. The van der Waals surface area contributed by atoms with Crippen LogP contribution in [0, 0.1) is 13.8 Å². The lowest BCUT2D eigenvalue weighted by Crippen LogP contribution is -2.44. The molecule has 1 aliphatic rings. The van der Waals surface area contributed by atoms with Gasteiger partial charge in [-0.25, -0.2) is 0 Å². The Morgan fingerprint density at radius 1 is 1.27 bits per heavy atom. The molecule has 0 radical (unpaired) electrons. The number of aryl methyl sites for hydroxylation is 2. The molecule has 1 aliphatic heterocycles. The molecule has 1 aromatic heterocycles. The van der Waals surface area contributed by atoms with Crippen molar-refractivity contribution in [3.8, 4) is 0 Å². The fourth-order valence-corrected chi connectivity index (χ4v) is 3.45. The lowest BCUT2D eigenvalue weighted by Gasteiger charge is -2.28. The SMILES string of the molecule is Cc1ccc(C(NC(=O)CN2CCCCC2=O)c2cccnc2)c(C)c1. The average molecular weight is 351 g/mol. The van der Waals surface area contributed by atoms with Gasteiger partial charge >= 0.3 is 0 Å². The quantitative estimate of drug-likeness (QED) is 0.901. The minimum absolute atomic E-state index is 0.0656. The molecule has 3 rings (SSSR count). The van der Waals surface area contributed by atoms with Crippen LogP contribution in [0.4, 0.5) is 0 Å². The molecule has 1 fully saturated rings. The molecule has 5 heteroatoms. The largest absolute Gasteiger partial charge is 0.344 e. The summed E-state index contributed by atoms with van der Waals surface area (Å²) in [4.78, 5) is 30.5. The predicted molar refractivity (Wildman–Crippen MR) is 101 cm³/mol. The maximum atomic E-state index is 12.7. The van der Waals surface area contributed by atoms with Gasteiger partial charge in [0.05, 0.1) is 12.6 Å². The van der Waals surface area contributed by atoms with E-state index in [4.69, 9.17) is 0 Å². The van der Waals surface area contributed by atoms with E-state index in [0.29, 0.717) is 13.0 Å². The summed E-state index contributed by atoms with van der Waals surface area (Å²) in [6.07, 6.45) is 5.91. The Labute approximate surface area is 154 Å². The molecule has 1 aromatic carbocycles. The first-order valence-electron chi connectivity index (χ1n) is 9.09. The summed E-state index contributed by atoms with van der Waals surface area (Å²) < 4.78 is 0. The Morgan fingerprint density at radius 2 is 2.12 bits per heavy atom. The molecule has 1 atom stereocenters. The first-order valence-corrected chi connectivity index (χ1v) is 9.09. The molecule has 0 bridgehead atoms. The first kappa shape index (κ1) is 18.1. The first-order chi connectivity index (χ1) is 12.5. The van der Waals surface area contributed by atoms with E-state index < -0.39 is 0 Å². The summed E-state index contributed by atoms with van der Waals surface area (Å²) in [7, 11) is 0. The number of amides is 2. The summed E-state index contributed by atoms with van der Waals surface area (Å²) in [6, 6.07) is 9.76. The molecule has 1 N–H and O–H groups in total. The van der Waals surface area contributed by atoms with Gasteiger partial charge in [-0.3, -0.25) is 14.6 Å². The summed E-state index contributed by atoms with van der Waals surface area (Å²) in [6.45, 7) is 4.87. The van der Waals surface area contributed by atoms with E-state index >= 15 is 0 Å². The van der Waals surface area contributed by atoms with E-state index in [-0.39, 0.29) is 24.4 Å². The van der Waals surface area contributed by atoms with Crippen LogP contribution in [-0.4, -0.2) is 34.8 Å². The van der Waals surface area contributed by atoms with E-state index in [1.807, 2.05) is 25.1 Å². The number of pyridine rings is 1. The van der Waals surface area contributed by atoms with E-state index in [2.05, 4.69) is 29.4 Å². The lowest BCUT2D eigenvalue weighted by atomic mass is 9.94. The number of rotatable bonds is 5. The van der Waals surface area contributed by atoms with Gasteiger partial charge in [0, 0.05) is 25.4 Å². The van der Waals surface area contributed by atoms with Crippen LogP contribution in [0.2, 0.25) is 0 Å².